The number of hydrogen-bond acceptors (Lipinski definition) is 6. The highest BCUT2D eigenvalue weighted by molar-refractivity contribution is 5.75. The molecule has 1 N–H and O–H groups in total. The molecule has 4 aliphatic rings. The van der Waals surface area contributed by atoms with Crippen LogP contribution in [0.1, 0.15) is 87.5 Å². The molecule has 1 saturated heterocycles. The summed E-state index contributed by atoms with van der Waals surface area (Å²) in [5, 5.41) is 7.54. The first-order chi connectivity index (χ1) is 18.0. The number of carbonyl (C=O) groups excluding carboxylic acids is 1. The van der Waals surface area contributed by atoms with Crippen LogP contribution in [0.5, 0.6) is 5.88 Å². The molecule has 206 valence electrons. The molecule has 1 aliphatic heterocycles. The quantitative estimate of drug-likeness (QED) is 0.575. The predicted octanol–water partition coefficient (Wildman–Crippen LogP) is 4.75. The molecule has 3 heterocycles. The van der Waals surface area contributed by atoms with Crippen LogP contribution in [0.15, 0.2) is 12.4 Å². The number of likely N-dealkylation sites (tertiary alicyclic amines) is 1. The standard InChI is InChI=1S/C26H34F3N7O2/c1-24(7-5-18(6-8-24)38-20-12-30-19(11-31-20)26(27,28)29)13-35(2)23(37)36-14-25(15-36)9-17(10-25)22-32-21(33-34-22)16-3-4-16/h11-12,16-18H,3-10,13-15H2,1-2H3,(H,32,33,34). The zero-order valence-electron chi connectivity index (χ0n) is 21.8. The lowest BCUT2D eigenvalue weighted by Crippen LogP contribution is -2.65. The molecule has 2 amide bonds. The number of aromatic amines is 1. The van der Waals surface area contributed by atoms with Crippen molar-refractivity contribution < 1.29 is 22.7 Å². The van der Waals surface area contributed by atoms with E-state index in [1.807, 2.05) is 16.8 Å². The monoisotopic (exact) mass is 533 g/mol. The van der Waals surface area contributed by atoms with E-state index in [1.165, 1.54) is 12.8 Å². The fourth-order valence-electron chi connectivity index (χ4n) is 6.47. The van der Waals surface area contributed by atoms with E-state index in [1.54, 1.807) is 0 Å². The average molecular weight is 534 g/mol. The van der Waals surface area contributed by atoms with Crippen LogP contribution in [0.3, 0.4) is 0 Å². The minimum atomic E-state index is -4.52. The van der Waals surface area contributed by atoms with Crippen molar-refractivity contribution in [3.8, 4) is 5.88 Å². The molecule has 38 heavy (non-hydrogen) atoms. The van der Waals surface area contributed by atoms with Gasteiger partial charge in [-0.05, 0) is 56.8 Å². The van der Waals surface area contributed by atoms with Gasteiger partial charge in [-0.3, -0.25) is 5.10 Å². The zero-order valence-corrected chi connectivity index (χ0v) is 21.8. The van der Waals surface area contributed by atoms with Crippen LogP contribution in [0, 0.1) is 10.8 Å². The number of alkyl halides is 3. The molecule has 3 aliphatic carbocycles. The summed E-state index contributed by atoms with van der Waals surface area (Å²) in [7, 11) is 1.87. The summed E-state index contributed by atoms with van der Waals surface area (Å²) in [6.45, 7) is 4.44. The van der Waals surface area contributed by atoms with Crippen molar-refractivity contribution in [3.63, 3.8) is 0 Å². The van der Waals surface area contributed by atoms with Crippen molar-refractivity contribution in [2.75, 3.05) is 26.7 Å². The summed E-state index contributed by atoms with van der Waals surface area (Å²) in [4.78, 5) is 28.8. The van der Waals surface area contributed by atoms with Crippen LogP contribution in [0.2, 0.25) is 0 Å². The third-order valence-electron chi connectivity index (χ3n) is 8.82. The Morgan fingerprint density at radius 3 is 2.45 bits per heavy atom. The van der Waals surface area contributed by atoms with Gasteiger partial charge in [-0.1, -0.05) is 6.92 Å². The van der Waals surface area contributed by atoms with E-state index < -0.39 is 11.9 Å². The molecule has 0 radical (unpaired) electrons. The van der Waals surface area contributed by atoms with Gasteiger partial charge in [0.1, 0.15) is 11.9 Å². The Hall–Kier alpha value is -2.92. The second-order valence-corrected chi connectivity index (χ2v) is 12.3. The van der Waals surface area contributed by atoms with E-state index >= 15 is 0 Å². The Morgan fingerprint density at radius 2 is 1.84 bits per heavy atom. The second kappa shape index (κ2) is 9.08. The molecule has 1 spiro atoms. The average Bonchev–Trinajstić information content (AvgIpc) is 3.56. The molecule has 0 bridgehead atoms. The first-order valence-electron chi connectivity index (χ1n) is 13.5. The number of H-pyrrole nitrogens is 1. The van der Waals surface area contributed by atoms with Gasteiger partial charge in [0.05, 0.1) is 12.4 Å². The number of halogens is 3. The van der Waals surface area contributed by atoms with Crippen molar-refractivity contribution >= 4 is 6.03 Å². The van der Waals surface area contributed by atoms with Crippen LogP contribution >= 0.6 is 0 Å². The Bertz CT molecular complexity index is 1160. The molecule has 3 saturated carbocycles. The molecular formula is C26H34F3N7O2. The Morgan fingerprint density at radius 1 is 1.13 bits per heavy atom. The van der Waals surface area contributed by atoms with Crippen LogP contribution < -0.4 is 4.74 Å². The number of rotatable bonds is 6. The smallest absolute Gasteiger partial charge is 0.434 e. The maximum absolute atomic E-state index is 13.1. The third-order valence-corrected chi connectivity index (χ3v) is 8.82. The SMILES string of the molecule is CN(CC1(C)CCC(Oc2cnc(C(F)(F)F)cn2)CC1)C(=O)N1CC2(CC(c3n[nH]c(C4CC4)n3)C2)C1. The van der Waals surface area contributed by atoms with Gasteiger partial charge in [0.25, 0.3) is 0 Å². The number of nitrogens with zero attached hydrogens (tertiary/aromatic N) is 6. The second-order valence-electron chi connectivity index (χ2n) is 12.3. The Labute approximate surface area is 219 Å². The summed E-state index contributed by atoms with van der Waals surface area (Å²) < 4.78 is 43.8. The summed E-state index contributed by atoms with van der Waals surface area (Å²) >= 11 is 0. The highest BCUT2D eigenvalue weighted by atomic mass is 19.4. The first-order valence-corrected chi connectivity index (χ1v) is 13.5. The Kier molecular flexibility index (Phi) is 6.06. The van der Waals surface area contributed by atoms with Crippen LogP contribution in [0.25, 0.3) is 0 Å². The van der Waals surface area contributed by atoms with E-state index in [9.17, 15) is 18.0 Å². The number of urea groups is 1. The van der Waals surface area contributed by atoms with Gasteiger partial charge in [-0.2, -0.15) is 18.3 Å². The van der Waals surface area contributed by atoms with Gasteiger partial charge in [0, 0.05) is 43.9 Å². The highest BCUT2D eigenvalue weighted by Crippen LogP contribution is 2.56. The fourth-order valence-corrected chi connectivity index (χ4v) is 6.47. The minimum Gasteiger partial charge on any atom is -0.473 e. The van der Waals surface area contributed by atoms with Crippen molar-refractivity contribution in [1.82, 2.24) is 34.9 Å². The zero-order chi connectivity index (χ0) is 26.7. The summed E-state index contributed by atoms with van der Waals surface area (Å²) in [6, 6.07) is 0.0765. The molecule has 12 heteroatoms. The number of nitrogens with one attached hydrogen (secondary N) is 1. The Balaban J connectivity index is 0.931. The number of carbonyl (C=O) groups is 1. The van der Waals surface area contributed by atoms with Gasteiger partial charge in [-0.15, -0.1) is 0 Å². The lowest BCUT2D eigenvalue weighted by atomic mass is 9.57. The van der Waals surface area contributed by atoms with Gasteiger partial charge in [-0.25, -0.2) is 19.7 Å². The third kappa shape index (κ3) is 5.05. The molecule has 6 rings (SSSR count). The maximum Gasteiger partial charge on any atom is 0.434 e. The molecule has 4 fully saturated rings. The van der Waals surface area contributed by atoms with E-state index in [2.05, 4.69) is 27.1 Å². The number of amides is 2. The van der Waals surface area contributed by atoms with Crippen LogP contribution in [-0.2, 0) is 6.18 Å². The maximum atomic E-state index is 13.1. The van der Waals surface area contributed by atoms with Gasteiger partial charge >= 0.3 is 12.2 Å². The van der Waals surface area contributed by atoms with Crippen LogP contribution in [0.4, 0.5) is 18.0 Å². The first kappa shape index (κ1) is 25.4. The van der Waals surface area contributed by atoms with Crippen molar-refractivity contribution in [2.45, 2.75) is 82.4 Å². The molecule has 9 nitrogen and oxygen atoms in total. The van der Waals surface area contributed by atoms with Gasteiger partial charge in [0.15, 0.2) is 11.5 Å². The fraction of sp³-hybridized carbons (Fsp3) is 0.731. The molecule has 0 unspecified atom stereocenters. The van der Waals surface area contributed by atoms with Gasteiger partial charge < -0.3 is 14.5 Å². The summed E-state index contributed by atoms with van der Waals surface area (Å²) in [5.41, 5.74) is -0.844. The lowest BCUT2D eigenvalue weighted by molar-refractivity contribution is -0.141. The van der Waals surface area contributed by atoms with E-state index in [0.717, 1.165) is 69.5 Å². The lowest BCUT2D eigenvalue weighted by Gasteiger charge is -2.59. The number of aromatic nitrogens is 5. The summed E-state index contributed by atoms with van der Waals surface area (Å²) in [5.74, 6) is 3.07. The topological polar surface area (TPSA) is 100 Å². The normalized spacial score (nSPS) is 27.1. The molecule has 0 aromatic carbocycles. The summed E-state index contributed by atoms with van der Waals surface area (Å²) in [6.07, 6.45) is 4.81. The highest BCUT2D eigenvalue weighted by Gasteiger charge is 2.55. The van der Waals surface area contributed by atoms with Gasteiger partial charge in [0.2, 0.25) is 5.88 Å². The number of hydrogen-bond donors (Lipinski definition) is 1. The van der Waals surface area contributed by atoms with E-state index in [0.29, 0.717) is 24.6 Å². The molecular weight excluding hydrogens is 499 g/mol. The molecule has 2 aromatic rings. The van der Waals surface area contributed by atoms with Crippen molar-refractivity contribution in [1.29, 1.82) is 0 Å². The van der Waals surface area contributed by atoms with Crippen molar-refractivity contribution in [2.24, 2.45) is 10.8 Å². The number of ether oxygens (including phenoxy) is 1. The minimum absolute atomic E-state index is 0.0366. The largest absolute Gasteiger partial charge is 0.473 e. The van der Waals surface area contributed by atoms with E-state index in [-0.39, 0.29) is 28.8 Å². The van der Waals surface area contributed by atoms with Crippen LogP contribution in [-0.4, -0.2) is 73.8 Å². The molecule has 2 aromatic heterocycles. The van der Waals surface area contributed by atoms with E-state index in [4.69, 9.17) is 9.72 Å². The predicted molar refractivity (Wildman–Crippen MR) is 130 cm³/mol. The van der Waals surface area contributed by atoms with Crippen molar-refractivity contribution in [3.05, 3.63) is 29.7 Å². The molecule has 0 atom stereocenters.